The van der Waals surface area contributed by atoms with Crippen molar-refractivity contribution in [3.05, 3.63) is 0 Å². The minimum absolute atomic E-state index is 0.334. The first-order valence-corrected chi connectivity index (χ1v) is 8.36. The molecule has 0 aromatic heterocycles. The molecule has 3 heteroatoms. The fraction of sp³-hybridized carbons (Fsp3) is 1.00. The van der Waals surface area contributed by atoms with Gasteiger partial charge in [-0.25, -0.2) is 0 Å². The fourth-order valence-electron chi connectivity index (χ4n) is 6.14. The molecule has 1 heterocycles. The van der Waals surface area contributed by atoms with Gasteiger partial charge in [0.05, 0.1) is 6.61 Å². The van der Waals surface area contributed by atoms with Crippen molar-refractivity contribution in [1.82, 2.24) is 4.90 Å². The molecule has 108 valence electrons. The minimum Gasteiger partial charge on any atom is -0.380 e. The molecular formula is C16H28N2O. The summed E-state index contributed by atoms with van der Waals surface area (Å²) in [5.41, 5.74) is 6.72. The Morgan fingerprint density at radius 3 is 2.26 bits per heavy atom. The standard InChI is InChI=1S/C16H28N2O/c17-11-16(18-2-1-4-19-5-3-18)14-7-12-6-13(9-14)10-15(16)8-12/h12-15H,1-11,17H2. The highest BCUT2D eigenvalue weighted by Gasteiger charge is 2.58. The number of ether oxygens (including phenoxy) is 1. The van der Waals surface area contributed by atoms with Crippen LogP contribution in [0.3, 0.4) is 0 Å². The van der Waals surface area contributed by atoms with Crippen molar-refractivity contribution in [3.8, 4) is 0 Å². The van der Waals surface area contributed by atoms with Gasteiger partial charge in [-0.3, -0.25) is 4.90 Å². The van der Waals surface area contributed by atoms with Crippen LogP contribution in [-0.2, 0) is 4.74 Å². The van der Waals surface area contributed by atoms with Crippen LogP contribution in [0.2, 0.25) is 0 Å². The maximum Gasteiger partial charge on any atom is 0.0593 e. The molecular weight excluding hydrogens is 236 g/mol. The molecule has 0 amide bonds. The minimum atomic E-state index is 0.334. The molecule has 5 aliphatic rings. The summed E-state index contributed by atoms with van der Waals surface area (Å²) in [6, 6.07) is 0. The van der Waals surface area contributed by atoms with E-state index >= 15 is 0 Å². The summed E-state index contributed by atoms with van der Waals surface area (Å²) in [5, 5.41) is 0. The second-order valence-electron chi connectivity index (χ2n) is 7.45. The normalized spacial score (nSPS) is 50.4. The van der Waals surface area contributed by atoms with Crippen molar-refractivity contribution in [2.24, 2.45) is 29.4 Å². The molecule has 0 spiro atoms. The van der Waals surface area contributed by atoms with Gasteiger partial charge in [0.25, 0.3) is 0 Å². The Bertz CT molecular complexity index is 308. The van der Waals surface area contributed by atoms with Gasteiger partial charge in [-0.1, -0.05) is 0 Å². The van der Waals surface area contributed by atoms with E-state index < -0.39 is 0 Å². The van der Waals surface area contributed by atoms with Crippen LogP contribution < -0.4 is 5.73 Å². The van der Waals surface area contributed by atoms with Crippen LogP contribution in [0, 0.1) is 23.7 Å². The van der Waals surface area contributed by atoms with Crippen LogP contribution in [0.25, 0.3) is 0 Å². The first kappa shape index (κ1) is 12.6. The molecule has 0 aromatic carbocycles. The van der Waals surface area contributed by atoms with E-state index in [9.17, 15) is 0 Å². The number of nitrogens with two attached hydrogens (primary N) is 1. The molecule has 2 N–H and O–H groups in total. The van der Waals surface area contributed by atoms with Gasteiger partial charge < -0.3 is 10.5 Å². The third-order valence-electron chi connectivity index (χ3n) is 6.69. The molecule has 4 saturated carbocycles. The van der Waals surface area contributed by atoms with Gasteiger partial charge in [-0.2, -0.15) is 0 Å². The van der Waals surface area contributed by atoms with E-state index in [1.54, 1.807) is 0 Å². The Hall–Kier alpha value is -0.120. The number of hydrogen-bond donors (Lipinski definition) is 1. The molecule has 0 aromatic rings. The maximum atomic E-state index is 6.39. The van der Waals surface area contributed by atoms with Gasteiger partial charge >= 0.3 is 0 Å². The van der Waals surface area contributed by atoms with Gasteiger partial charge in [0.15, 0.2) is 0 Å². The Morgan fingerprint density at radius 2 is 1.63 bits per heavy atom. The Labute approximate surface area is 116 Å². The Morgan fingerprint density at radius 1 is 0.947 bits per heavy atom. The van der Waals surface area contributed by atoms with Crippen molar-refractivity contribution in [2.45, 2.75) is 44.1 Å². The lowest BCUT2D eigenvalue weighted by Gasteiger charge is -2.64. The zero-order valence-corrected chi connectivity index (χ0v) is 12.0. The van der Waals surface area contributed by atoms with E-state index in [4.69, 9.17) is 10.5 Å². The smallest absolute Gasteiger partial charge is 0.0593 e. The largest absolute Gasteiger partial charge is 0.380 e. The molecule has 19 heavy (non-hydrogen) atoms. The molecule has 0 atom stereocenters. The third-order valence-corrected chi connectivity index (χ3v) is 6.69. The predicted molar refractivity (Wildman–Crippen MR) is 75.8 cm³/mol. The van der Waals surface area contributed by atoms with Crippen molar-refractivity contribution in [3.63, 3.8) is 0 Å². The van der Waals surface area contributed by atoms with Crippen molar-refractivity contribution >= 4 is 0 Å². The van der Waals surface area contributed by atoms with Crippen molar-refractivity contribution in [2.75, 3.05) is 32.8 Å². The zero-order valence-electron chi connectivity index (χ0n) is 12.0. The van der Waals surface area contributed by atoms with Gasteiger partial charge in [0, 0.05) is 31.8 Å². The van der Waals surface area contributed by atoms with Crippen LogP contribution in [0.5, 0.6) is 0 Å². The maximum absolute atomic E-state index is 6.39. The van der Waals surface area contributed by atoms with Crippen molar-refractivity contribution < 1.29 is 4.74 Å². The highest BCUT2D eigenvalue weighted by atomic mass is 16.5. The van der Waals surface area contributed by atoms with Gasteiger partial charge in [-0.15, -0.1) is 0 Å². The quantitative estimate of drug-likeness (QED) is 0.827. The van der Waals surface area contributed by atoms with Crippen LogP contribution in [0.1, 0.15) is 38.5 Å². The van der Waals surface area contributed by atoms with Crippen LogP contribution >= 0.6 is 0 Å². The topological polar surface area (TPSA) is 38.5 Å². The molecule has 0 radical (unpaired) electrons. The average molecular weight is 264 g/mol. The first-order chi connectivity index (χ1) is 9.33. The lowest BCUT2D eigenvalue weighted by Crippen LogP contribution is -2.69. The van der Waals surface area contributed by atoms with Crippen LogP contribution in [-0.4, -0.2) is 43.3 Å². The van der Waals surface area contributed by atoms with E-state index in [1.165, 1.54) is 45.1 Å². The van der Waals surface area contributed by atoms with Gasteiger partial charge in [0.2, 0.25) is 0 Å². The second-order valence-corrected chi connectivity index (χ2v) is 7.45. The molecule has 5 rings (SSSR count). The zero-order chi connectivity index (χ0) is 12.9. The third kappa shape index (κ3) is 1.81. The van der Waals surface area contributed by atoms with Crippen molar-refractivity contribution in [1.29, 1.82) is 0 Å². The van der Waals surface area contributed by atoms with Gasteiger partial charge in [-0.05, 0) is 62.2 Å². The first-order valence-electron chi connectivity index (χ1n) is 8.36. The van der Waals surface area contributed by atoms with Gasteiger partial charge in [0.1, 0.15) is 0 Å². The highest BCUT2D eigenvalue weighted by molar-refractivity contribution is 5.12. The highest BCUT2D eigenvalue weighted by Crippen LogP contribution is 2.59. The van der Waals surface area contributed by atoms with E-state index in [2.05, 4.69) is 4.90 Å². The SMILES string of the molecule is NCC1(N2CCCOCC2)C2CC3CC(C2)CC1C3. The molecule has 4 aliphatic carbocycles. The summed E-state index contributed by atoms with van der Waals surface area (Å²) in [4.78, 5) is 2.76. The fourth-order valence-corrected chi connectivity index (χ4v) is 6.14. The van der Waals surface area contributed by atoms with E-state index in [-0.39, 0.29) is 0 Å². The molecule has 0 unspecified atom stereocenters. The summed E-state index contributed by atoms with van der Waals surface area (Å²) in [6.07, 6.45) is 8.55. The molecule has 3 nitrogen and oxygen atoms in total. The average Bonchev–Trinajstić information content (AvgIpc) is 2.68. The monoisotopic (exact) mass is 264 g/mol. The summed E-state index contributed by atoms with van der Waals surface area (Å²) in [6.45, 7) is 5.05. The van der Waals surface area contributed by atoms with Crippen LogP contribution in [0.4, 0.5) is 0 Å². The summed E-state index contributed by atoms with van der Waals surface area (Å²) in [7, 11) is 0. The Kier molecular flexibility index (Phi) is 3.13. The number of rotatable bonds is 2. The van der Waals surface area contributed by atoms with E-state index in [0.29, 0.717) is 5.54 Å². The second kappa shape index (κ2) is 4.71. The summed E-state index contributed by atoms with van der Waals surface area (Å²) < 4.78 is 5.67. The molecule has 4 bridgehead atoms. The lowest BCUT2D eigenvalue weighted by molar-refractivity contribution is -0.131. The number of nitrogens with zero attached hydrogens (tertiary/aromatic N) is 1. The van der Waals surface area contributed by atoms with E-state index in [0.717, 1.165) is 50.0 Å². The molecule has 5 fully saturated rings. The summed E-state index contributed by atoms with van der Waals surface area (Å²) >= 11 is 0. The lowest BCUT2D eigenvalue weighted by atomic mass is 9.48. The van der Waals surface area contributed by atoms with Crippen LogP contribution in [0.15, 0.2) is 0 Å². The predicted octanol–water partition coefficient (Wildman–Crippen LogP) is 1.86. The molecule has 1 saturated heterocycles. The molecule has 1 aliphatic heterocycles. The van der Waals surface area contributed by atoms with E-state index in [1.807, 2.05) is 0 Å². The summed E-state index contributed by atoms with van der Waals surface area (Å²) in [5.74, 6) is 3.83. The Balaban J connectivity index is 1.65. The number of hydrogen-bond acceptors (Lipinski definition) is 3.